The van der Waals surface area contributed by atoms with E-state index < -0.39 is 17.7 Å². The number of pyridine rings is 2. The molecule has 4 rings (SSSR count). The third-order valence-corrected chi connectivity index (χ3v) is 5.86. The minimum Gasteiger partial charge on any atom is -0.507 e. The first kappa shape index (κ1) is 23.2. The molecule has 0 bridgehead atoms. The van der Waals surface area contributed by atoms with E-state index in [0.717, 1.165) is 24.0 Å². The number of carbonyl (C=O) groups is 2. The summed E-state index contributed by atoms with van der Waals surface area (Å²) in [5, 5.41) is 11.3. The number of nitrogens with zero attached hydrogens (tertiary/aromatic N) is 3. The number of ketones is 1. The predicted molar refractivity (Wildman–Crippen MR) is 128 cm³/mol. The van der Waals surface area contributed by atoms with Gasteiger partial charge in [0.25, 0.3) is 11.7 Å². The van der Waals surface area contributed by atoms with Crippen molar-refractivity contribution in [3.8, 4) is 5.75 Å². The summed E-state index contributed by atoms with van der Waals surface area (Å²) < 4.78 is 5.76. The van der Waals surface area contributed by atoms with Gasteiger partial charge < -0.3 is 14.7 Å². The van der Waals surface area contributed by atoms with Crippen molar-refractivity contribution in [1.29, 1.82) is 0 Å². The average molecular weight is 458 g/mol. The quantitative estimate of drug-likeness (QED) is 0.230. The monoisotopic (exact) mass is 457 g/mol. The first-order valence-electron chi connectivity index (χ1n) is 11.3. The highest BCUT2D eigenvalue weighted by Gasteiger charge is 2.46. The minimum atomic E-state index is -0.747. The summed E-state index contributed by atoms with van der Waals surface area (Å²) in [5.41, 5.74) is 2.77. The van der Waals surface area contributed by atoms with E-state index in [-0.39, 0.29) is 17.9 Å². The summed E-state index contributed by atoms with van der Waals surface area (Å²) >= 11 is 0. The molecule has 1 atom stereocenters. The van der Waals surface area contributed by atoms with Gasteiger partial charge in [-0.05, 0) is 66.4 Å². The van der Waals surface area contributed by atoms with Crippen LogP contribution in [0.4, 0.5) is 0 Å². The number of carbonyl (C=O) groups excluding carboxylic acids is 2. The summed E-state index contributed by atoms with van der Waals surface area (Å²) in [4.78, 5) is 35.9. The smallest absolute Gasteiger partial charge is 0.295 e. The topological polar surface area (TPSA) is 92.6 Å². The van der Waals surface area contributed by atoms with Crippen LogP contribution >= 0.6 is 0 Å². The van der Waals surface area contributed by atoms with Crippen LogP contribution < -0.4 is 4.74 Å². The van der Waals surface area contributed by atoms with Crippen molar-refractivity contribution >= 4 is 17.4 Å². The number of aliphatic hydroxyl groups excluding tert-OH is 1. The summed E-state index contributed by atoms with van der Waals surface area (Å²) in [6.07, 6.45) is 8.50. The van der Waals surface area contributed by atoms with E-state index in [0.29, 0.717) is 23.5 Å². The maximum atomic E-state index is 13.2. The van der Waals surface area contributed by atoms with E-state index in [1.165, 1.54) is 4.90 Å². The molecule has 0 saturated carbocycles. The van der Waals surface area contributed by atoms with Crippen molar-refractivity contribution < 1.29 is 19.4 Å². The highest BCUT2D eigenvalue weighted by molar-refractivity contribution is 6.46. The average Bonchev–Trinajstić information content (AvgIpc) is 3.10. The van der Waals surface area contributed by atoms with Crippen molar-refractivity contribution in [2.75, 3.05) is 6.61 Å². The number of hydrogen-bond donors (Lipinski definition) is 1. The molecule has 2 aromatic heterocycles. The molecule has 1 fully saturated rings. The molecule has 1 aromatic carbocycles. The lowest BCUT2D eigenvalue weighted by Crippen LogP contribution is -2.29. The number of rotatable bonds is 8. The Hall–Kier alpha value is -4.00. The van der Waals surface area contributed by atoms with Gasteiger partial charge in [0.2, 0.25) is 0 Å². The Morgan fingerprint density at radius 3 is 2.56 bits per heavy atom. The number of amides is 1. The van der Waals surface area contributed by atoms with Crippen LogP contribution in [0.2, 0.25) is 0 Å². The Labute approximate surface area is 198 Å². The normalized spacial score (nSPS) is 17.2. The molecule has 1 aliphatic heterocycles. The molecule has 174 valence electrons. The van der Waals surface area contributed by atoms with Crippen LogP contribution in [-0.2, 0) is 16.1 Å². The molecule has 1 saturated heterocycles. The molecule has 3 aromatic rings. The van der Waals surface area contributed by atoms with Gasteiger partial charge in [-0.25, -0.2) is 0 Å². The van der Waals surface area contributed by atoms with Crippen LogP contribution in [-0.4, -0.2) is 38.3 Å². The molecule has 7 heteroatoms. The maximum Gasteiger partial charge on any atom is 0.295 e. The van der Waals surface area contributed by atoms with E-state index in [1.807, 2.05) is 19.1 Å². The lowest BCUT2D eigenvalue weighted by atomic mass is 9.94. The third-order valence-electron chi connectivity index (χ3n) is 5.86. The fraction of sp³-hybridized carbons (Fsp3) is 0.259. The van der Waals surface area contributed by atoms with Gasteiger partial charge in [-0.3, -0.25) is 19.6 Å². The molecular formula is C27H27N3O4. The molecule has 0 unspecified atom stereocenters. The van der Waals surface area contributed by atoms with E-state index in [9.17, 15) is 14.7 Å². The lowest BCUT2D eigenvalue weighted by molar-refractivity contribution is -0.140. The zero-order valence-electron chi connectivity index (χ0n) is 19.3. The minimum absolute atomic E-state index is 0.0582. The lowest BCUT2D eigenvalue weighted by Gasteiger charge is -2.25. The number of benzene rings is 1. The number of aryl methyl sites for hydroxylation is 1. The predicted octanol–water partition coefficient (Wildman–Crippen LogP) is 4.59. The summed E-state index contributed by atoms with van der Waals surface area (Å²) in [5.74, 6) is -0.882. The molecule has 0 spiro atoms. The molecule has 1 aliphatic rings. The fourth-order valence-corrected chi connectivity index (χ4v) is 4.09. The molecule has 3 heterocycles. The number of likely N-dealkylation sites (tertiary alicyclic amines) is 1. The number of aromatic nitrogens is 2. The molecule has 1 amide bonds. The maximum absolute atomic E-state index is 13.2. The van der Waals surface area contributed by atoms with Crippen LogP contribution in [0, 0.1) is 6.92 Å². The zero-order chi connectivity index (χ0) is 24.1. The summed E-state index contributed by atoms with van der Waals surface area (Å²) in [6.45, 7) is 4.74. The van der Waals surface area contributed by atoms with Gasteiger partial charge in [0, 0.05) is 36.9 Å². The van der Waals surface area contributed by atoms with E-state index in [1.54, 1.807) is 55.1 Å². The summed E-state index contributed by atoms with van der Waals surface area (Å²) in [6, 6.07) is 11.7. The van der Waals surface area contributed by atoms with Gasteiger partial charge in [-0.15, -0.1) is 0 Å². The summed E-state index contributed by atoms with van der Waals surface area (Å²) in [7, 11) is 0. The molecular weight excluding hydrogens is 430 g/mol. The van der Waals surface area contributed by atoms with Crippen LogP contribution in [0.15, 0.2) is 72.8 Å². The van der Waals surface area contributed by atoms with Gasteiger partial charge in [-0.2, -0.15) is 0 Å². The second kappa shape index (κ2) is 10.3. The van der Waals surface area contributed by atoms with E-state index in [2.05, 4.69) is 16.9 Å². The van der Waals surface area contributed by atoms with Gasteiger partial charge in [-0.1, -0.05) is 19.4 Å². The van der Waals surface area contributed by atoms with Crippen molar-refractivity contribution in [2.45, 2.75) is 39.3 Å². The standard InChI is InChI=1S/C27H27N3O4/c1-3-4-14-34-21-7-8-22(18(2)15-21)25(31)23-24(20-9-12-28-13-10-20)30(27(33)26(23)32)17-19-6-5-11-29-16-19/h5-13,15-16,24,31H,3-4,14,17H2,1-2H3/b25-23+/t24-/m0/s1. The van der Waals surface area contributed by atoms with Gasteiger partial charge in [0.1, 0.15) is 11.5 Å². The Bertz CT molecular complexity index is 1210. The van der Waals surface area contributed by atoms with E-state index in [4.69, 9.17) is 4.74 Å². The first-order valence-corrected chi connectivity index (χ1v) is 11.3. The number of unbranched alkanes of at least 4 members (excludes halogenated alkanes) is 1. The molecule has 34 heavy (non-hydrogen) atoms. The van der Waals surface area contributed by atoms with E-state index >= 15 is 0 Å². The zero-order valence-corrected chi connectivity index (χ0v) is 19.3. The molecule has 7 nitrogen and oxygen atoms in total. The highest BCUT2D eigenvalue weighted by atomic mass is 16.5. The van der Waals surface area contributed by atoms with Crippen molar-refractivity contribution in [2.24, 2.45) is 0 Å². The number of Topliss-reactive ketones (excluding diaryl/α,β-unsaturated/α-hetero) is 1. The number of aliphatic hydroxyl groups is 1. The third kappa shape index (κ3) is 4.69. The van der Waals surface area contributed by atoms with Gasteiger partial charge >= 0.3 is 0 Å². The van der Waals surface area contributed by atoms with Crippen LogP contribution in [0.3, 0.4) is 0 Å². The fourth-order valence-electron chi connectivity index (χ4n) is 4.09. The molecule has 0 aliphatic carbocycles. The SMILES string of the molecule is CCCCOc1ccc(/C(O)=C2\C(=O)C(=O)N(Cc3cccnc3)[C@H]2c2ccncc2)c(C)c1. The Kier molecular flexibility index (Phi) is 7.01. The van der Waals surface area contributed by atoms with Crippen LogP contribution in [0.1, 0.15) is 48.1 Å². The second-order valence-electron chi connectivity index (χ2n) is 8.25. The van der Waals surface area contributed by atoms with Gasteiger partial charge in [0.15, 0.2) is 0 Å². The molecule has 0 radical (unpaired) electrons. The van der Waals surface area contributed by atoms with Crippen molar-refractivity contribution in [1.82, 2.24) is 14.9 Å². The first-order chi connectivity index (χ1) is 16.5. The van der Waals surface area contributed by atoms with Crippen LogP contribution in [0.5, 0.6) is 5.75 Å². The van der Waals surface area contributed by atoms with Crippen LogP contribution in [0.25, 0.3) is 5.76 Å². The second-order valence-corrected chi connectivity index (χ2v) is 8.25. The van der Waals surface area contributed by atoms with Gasteiger partial charge in [0.05, 0.1) is 18.2 Å². The highest BCUT2D eigenvalue weighted by Crippen LogP contribution is 2.40. The Morgan fingerprint density at radius 1 is 1.09 bits per heavy atom. The van der Waals surface area contributed by atoms with Crippen molar-refractivity contribution in [3.63, 3.8) is 0 Å². The number of hydrogen-bond acceptors (Lipinski definition) is 6. The molecule has 1 N–H and O–H groups in total. The largest absolute Gasteiger partial charge is 0.507 e. The Balaban J connectivity index is 1.76. The number of ether oxygens (including phenoxy) is 1. The van der Waals surface area contributed by atoms with Crippen molar-refractivity contribution in [3.05, 3.63) is 95.1 Å². The Morgan fingerprint density at radius 2 is 1.88 bits per heavy atom.